The van der Waals surface area contributed by atoms with E-state index in [4.69, 9.17) is 0 Å². The van der Waals surface area contributed by atoms with Crippen LogP contribution >= 0.6 is 0 Å². The Labute approximate surface area is 48.2 Å². The summed E-state index contributed by atoms with van der Waals surface area (Å²) in [6.45, 7) is 0.907. The van der Waals surface area contributed by atoms with Crippen molar-refractivity contribution in [2.45, 2.75) is 18.9 Å². The van der Waals surface area contributed by atoms with Gasteiger partial charge in [0.05, 0.1) is 12.6 Å². The second kappa shape index (κ2) is 1.44. The molecule has 0 aromatic heterocycles. The first-order valence-corrected chi connectivity index (χ1v) is 3.09. The SMILES string of the molecule is C1CC1C1CN=NN1. The molecule has 1 fully saturated rings. The molecule has 2 aliphatic rings. The first-order chi connectivity index (χ1) is 3.97. The van der Waals surface area contributed by atoms with E-state index < -0.39 is 0 Å². The summed E-state index contributed by atoms with van der Waals surface area (Å²) in [5, 5.41) is 7.54. The molecule has 8 heavy (non-hydrogen) atoms. The van der Waals surface area contributed by atoms with Gasteiger partial charge in [0, 0.05) is 0 Å². The van der Waals surface area contributed by atoms with E-state index in [2.05, 4.69) is 15.8 Å². The van der Waals surface area contributed by atoms with Crippen LogP contribution in [-0.4, -0.2) is 12.6 Å². The summed E-state index contributed by atoms with van der Waals surface area (Å²) in [5.41, 5.74) is 2.98. The Hall–Kier alpha value is -0.600. The minimum absolute atomic E-state index is 0.593. The van der Waals surface area contributed by atoms with Gasteiger partial charge in [-0.2, -0.15) is 5.11 Å². The fraction of sp³-hybridized carbons (Fsp3) is 1.00. The smallest absolute Gasteiger partial charge is 0.0841 e. The van der Waals surface area contributed by atoms with Crippen LogP contribution < -0.4 is 5.43 Å². The van der Waals surface area contributed by atoms with E-state index in [1.54, 1.807) is 0 Å². The Morgan fingerprint density at radius 2 is 2.25 bits per heavy atom. The van der Waals surface area contributed by atoms with Gasteiger partial charge in [0.1, 0.15) is 0 Å². The van der Waals surface area contributed by atoms with Crippen LogP contribution in [0, 0.1) is 5.92 Å². The summed E-state index contributed by atoms with van der Waals surface area (Å²) in [4.78, 5) is 0. The monoisotopic (exact) mass is 111 g/mol. The summed E-state index contributed by atoms with van der Waals surface area (Å²) in [6, 6.07) is 0.593. The molecule has 0 radical (unpaired) electrons. The van der Waals surface area contributed by atoms with Crippen LogP contribution in [0.1, 0.15) is 12.8 Å². The topological polar surface area (TPSA) is 36.8 Å². The van der Waals surface area contributed by atoms with Gasteiger partial charge in [0.2, 0.25) is 0 Å². The highest BCUT2D eigenvalue weighted by Crippen LogP contribution is 2.33. The van der Waals surface area contributed by atoms with Crippen LogP contribution in [0.2, 0.25) is 0 Å². The van der Waals surface area contributed by atoms with Gasteiger partial charge in [-0.25, -0.2) is 0 Å². The molecule has 1 saturated carbocycles. The maximum Gasteiger partial charge on any atom is 0.0841 e. The summed E-state index contributed by atoms with van der Waals surface area (Å²) in [7, 11) is 0. The standard InChI is InChI=1S/C5H9N3/c1-2-4(1)5-3-6-8-7-5/h4-5H,1-3H2,(H,6,7). The molecule has 0 amide bonds. The lowest BCUT2D eigenvalue weighted by Crippen LogP contribution is -2.23. The summed E-state index contributed by atoms with van der Waals surface area (Å²) in [6.07, 6.45) is 2.76. The minimum Gasteiger partial charge on any atom is -0.287 e. The fourth-order valence-corrected chi connectivity index (χ4v) is 1.04. The predicted molar refractivity (Wildman–Crippen MR) is 29.4 cm³/mol. The molecule has 3 nitrogen and oxygen atoms in total. The van der Waals surface area contributed by atoms with Crippen molar-refractivity contribution in [2.24, 2.45) is 16.3 Å². The molecule has 1 aliphatic carbocycles. The van der Waals surface area contributed by atoms with Crippen molar-refractivity contribution in [2.75, 3.05) is 6.54 Å². The lowest BCUT2D eigenvalue weighted by molar-refractivity contribution is 0.541. The quantitative estimate of drug-likeness (QED) is 0.532. The van der Waals surface area contributed by atoms with Crippen LogP contribution in [-0.2, 0) is 0 Å². The van der Waals surface area contributed by atoms with Crippen molar-refractivity contribution in [1.82, 2.24) is 5.43 Å². The summed E-state index contributed by atoms with van der Waals surface area (Å²) >= 11 is 0. The van der Waals surface area contributed by atoms with Gasteiger partial charge in [-0.3, -0.25) is 5.43 Å². The van der Waals surface area contributed by atoms with Crippen molar-refractivity contribution >= 4 is 0 Å². The van der Waals surface area contributed by atoms with Crippen molar-refractivity contribution in [3.63, 3.8) is 0 Å². The largest absolute Gasteiger partial charge is 0.287 e. The van der Waals surface area contributed by atoms with E-state index in [0.717, 1.165) is 12.5 Å². The number of hydrogen-bond donors (Lipinski definition) is 1. The molecule has 1 atom stereocenters. The van der Waals surface area contributed by atoms with E-state index >= 15 is 0 Å². The van der Waals surface area contributed by atoms with Gasteiger partial charge < -0.3 is 0 Å². The molecule has 3 heteroatoms. The maximum atomic E-state index is 3.84. The molecule has 0 saturated heterocycles. The van der Waals surface area contributed by atoms with Crippen LogP contribution in [0.3, 0.4) is 0 Å². The Bertz CT molecular complexity index is 109. The third-order valence-electron chi connectivity index (χ3n) is 1.76. The Balaban J connectivity index is 1.90. The van der Waals surface area contributed by atoms with E-state index in [-0.39, 0.29) is 0 Å². The summed E-state index contributed by atoms with van der Waals surface area (Å²) in [5.74, 6) is 0.894. The van der Waals surface area contributed by atoms with Crippen molar-refractivity contribution < 1.29 is 0 Å². The zero-order valence-electron chi connectivity index (χ0n) is 4.67. The van der Waals surface area contributed by atoms with Crippen LogP contribution in [0.5, 0.6) is 0 Å². The summed E-state index contributed by atoms with van der Waals surface area (Å²) < 4.78 is 0. The number of hydrogen-bond acceptors (Lipinski definition) is 3. The number of rotatable bonds is 1. The van der Waals surface area contributed by atoms with E-state index in [0.29, 0.717) is 6.04 Å². The zero-order valence-corrected chi connectivity index (χ0v) is 4.67. The zero-order chi connectivity index (χ0) is 5.40. The maximum absolute atomic E-state index is 3.84. The molecule has 0 aromatic carbocycles. The first kappa shape index (κ1) is 4.30. The highest BCUT2D eigenvalue weighted by atomic mass is 15.5. The van der Waals surface area contributed by atoms with Gasteiger partial charge in [0.15, 0.2) is 0 Å². The van der Waals surface area contributed by atoms with Crippen LogP contribution in [0.25, 0.3) is 0 Å². The van der Waals surface area contributed by atoms with Crippen LogP contribution in [0.15, 0.2) is 10.3 Å². The van der Waals surface area contributed by atoms with E-state index in [1.807, 2.05) is 0 Å². The average molecular weight is 111 g/mol. The van der Waals surface area contributed by atoms with Gasteiger partial charge in [-0.1, -0.05) is 5.22 Å². The normalized spacial score (nSPS) is 35.2. The number of nitrogens with zero attached hydrogens (tertiary/aromatic N) is 2. The molecule has 1 aliphatic heterocycles. The molecule has 44 valence electrons. The van der Waals surface area contributed by atoms with Crippen LogP contribution in [0.4, 0.5) is 0 Å². The lowest BCUT2D eigenvalue weighted by Gasteiger charge is -2.02. The van der Waals surface area contributed by atoms with Crippen molar-refractivity contribution in [3.8, 4) is 0 Å². The van der Waals surface area contributed by atoms with E-state index in [9.17, 15) is 0 Å². The highest BCUT2D eigenvalue weighted by molar-refractivity contribution is 4.87. The predicted octanol–water partition coefficient (Wildman–Crippen LogP) is 0.735. The fourth-order valence-electron chi connectivity index (χ4n) is 1.04. The lowest BCUT2D eigenvalue weighted by atomic mass is 10.2. The molecule has 1 N–H and O–H groups in total. The Kier molecular flexibility index (Phi) is 0.771. The van der Waals surface area contributed by atoms with Gasteiger partial charge >= 0.3 is 0 Å². The molecule has 1 unspecified atom stereocenters. The highest BCUT2D eigenvalue weighted by Gasteiger charge is 2.32. The molecule has 2 rings (SSSR count). The molecule has 1 heterocycles. The third-order valence-corrected chi connectivity index (χ3v) is 1.76. The molecular formula is C5H9N3. The molecule has 0 aromatic rings. The van der Waals surface area contributed by atoms with Crippen molar-refractivity contribution in [3.05, 3.63) is 0 Å². The Morgan fingerprint density at radius 1 is 1.38 bits per heavy atom. The number of nitrogens with one attached hydrogen (secondary N) is 1. The average Bonchev–Trinajstić information content (AvgIpc) is 2.49. The second-order valence-corrected chi connectivity index (χ2v) is 2.50. The van der Waals surface area contributed by atoms with E-state index in [1.165, 1.54) is 12.8 Å². The van der Waals surface area contributed by atoms with Gasteiger partial charge in [0.25, 0.3) is 0 Å². The molecule has 0 spiro atoms. The van der Waals surface area contributed by atoms with Gasteiger partial charge in [-0.05, 0) is 18.8 Å². The Morgan fingerprint density at radius 3 is 2.75 bits per heavy atom. The van der Waals surface area contributed by atoms with Gasteiger partial charge in [-0.15, -0.1) is 0 Å². The minimum atomic E-state index is 0.593. The molecule has 0 bridgehead atoms. The van der Waals surface area contributed by atoms with Crippen molar-refractivity contribution in [1.29, 1.82) is 0 Å². The third kappa shape index (κ3) is 0.582. The molecular weight excluding hydrogens is 102 g/mol. The first-order valence-electron chi connectivity index (χ1n) is 3.09. The second-order valence-electron chi connectivity index (χ2n) is 2.50.